The number of ether oxygens (including phenoxy) is 1. The van der Waals surface area contributed by atoms with E-state index >= 15 is 0 Å². The maximum Gasteiger partial charge on any atom is 0.123 e. The molecular weight excluding hydrogens is 258 g/mol. The first-order chi connectivity index (χ1) is 9.04. The summed E-state index contributed by atoms with van der Waals surface area (Å²) in [5.74, 6) is 0.782. The van der Waals surface area contributed by atoms with Gasteiger partial charge in [-0.2, -0.15) is 0 Å². The zero-order chi connectivity index (χ0) is 14.0. The highest BCUT2D eigenvalue weighted by Gasteiger charge is 2.17. The standard InChI is InChI=1S/C16H18ClNO/c1-10-8-13(14(17)9-11(10)2)16(18)12-6-4-5-7-15(12)19-3/h4-9,16H,18H2,1-3H3. The van der Waals surface area contributed by atoms with Crippen LogP contribution in [0.25, 0.3) is 0 Å². The zero-order valence-electron chi connectivity index (χ0n) is 11.4. The Kier molecular flexibility index (Phi) is 4.13. The van der Waals surface area contributed by atoms with E-state index in [0.29, 0.717) is 5.02 Å². The van der Waals surface area contributed by atoms with Gasteiger partial charge < -0.3 is 10.5 Å². The van der Waals surface area contributed by atoms with E-state index in [1.165, 1.54) is 11.1 Å². The molecule has 2 aromatic carbocycles. The number of aryl methyl sites for hydroxylation is 2. The van der Waals surface area contributed by atoms with Crippen LogP contribution >= 0.6 is 11.6 Å². The monoisotopic (exact) mass is 275 g/mol. The van der Waals surface area contributed by atoms with Crippen molar-refractivity contribution in [3.63, 3.8) is 0 Å². The number of rotatable bonds is 3. The van der Waals surface area contributed by atoms with Gasteiger partial charge in [0, 0.05) is 10.6 Å². The number of benzene rings is 2. The first-order valence-electron chi connectivity index (χ1n) is 6.19. The Bertz CT molecular complexity index is 595. The molecule has 0 saturated carbocycles. The topological polar surface area (TPSA) is 35.2 Å². The van der Waals surface area contributed by atoms with E-state index in [0.717, 1.165) is 16.9 Å². The van der Waals surface area contributed by atoms with Crippen LogP contribution in [0.5, 0.6) is 5.75 Å². The molecule has 0 aliphatic heterocycles. The largest absolute Gasteiger partial charge is 0.496 e. The van der Waals surface area contributed by atoms with Crippen molar-refractivity contribution in [2.24, 2.45) is 5.73 Å². The van der Waals surface area contributed by atoms with Crippen LogP contribution in [0.3, 0.4) is 0 Å². The van der Waals surface area contributed by atoms with Crippen LogP contribution in [0.2, 0.25) is 5.02 Å². The highest BCUT2D eigenvalue weighted by Crippen LogP contribution is 2.33. The van der Waals surface area contributed by atoms with E-state index < -0.39 is 0 Å². The van der Waals surface area contributed by atoms with Gasteiger partial charge in [-0.25, -0.2) is 0 Å². The van der Waals surface area contributed by atoms with Crippen LogP contribution in [-0.4, -0.2) is 7.11 Å². The highest BCUT2D eigenvalue weighted by molar-refractivity contribution is 6.31. The molecule has 0 heterocycles. The molecule has 2 aromatic rings. The number of hydrogen-bond donors (Lipinski definition) is 1. The molecule has 19 heavy (non-hydrogen) atoms. The third-order valence-corrected chi connectivity index (χ3v) is 3.75. The van der Waals surface area contributed by atoms with Gasteiger partial charge in [0.15, 0.2) is 0 Å². The predicted octanol–water partition coefficient (Wildman–Crippen LogP) is 4.01. The second kappa shape index (κ2) is 5.64. The Morgan fingerprint density at radius 1 is 1.05 bits per heavy atom. The van der Waals surface area contributed by atoms with E-state index in [1.54, 1.807) is 7.11 Å². The molecule has 1 atom stereocenters. The lowest BCUT2D eigenvalue weighted by Crippen LogP contribution is -2.14. The first kappa shape index (κ1) is 13.9. The molecule has 0 radical (unpaired) electrons. The SMILES string of the molecule is COc1ccccc1C(N)c1cc(C)c(C)cc1Cl. The number of para-hydroxylation sites is 1. The Labute approximate surface area is 119 Å². The van der Waals surface area contributed by atoms with E-state index in [9.17, 15) is 0 Å². The Morgan fingerprint density at radius 2 is 1.68 bits per heavy atom. The summed E-state index contributed by atoms with van der Waals surface area (Å²) in [6.45, 7) is 4.10. The molecule has 0 saturated heterocycles. The van der Waals surface area contributed by atoms with Crippen molar-refractivity contribution in [3.8, 4) is 5.75 Å². The summed E-state index contributed by atoms with van der Waals surface area (Å²) >= 11 is 6.32. The normalized spacial score (nSPS) is 12.3. The summed E-state index contributed by atoms with van der Waals surface area (Å²) in [5.41, 5.74) is 10.6. The molecule has 0 aromatic heterocycles. The Balaban J connectivity index is 2.50. The maximum atomic E-state index is 6.35. The number of methoxy groups -OCH3 is 1. The minimum absolute atomic E-state index is 0.289. The lowest BCUT2D eigenvalue weighted by Gasteiger charge is -2.18. The summed E-state index contributed by atoms with van der Waals surface area (Å²) in [5, 5.41) is 0.696. The van der Waals surface area contributed by atoms with Crippen LogP contribution in [0.1, 0.15) is 28.3 Å². The Hall–Kier alpha value is -1.51. The summed E-state index contributed by atoms with van der Waals surface area (Å²) in [4.78, 5) is 0. The molecule has 100 valence electrons. The van der Waals surface area contributed by atoms with Crippen molar-refractivity contribution in [2.45, 2.75) is 19.9 Å². The van der Waals surface area contributed by atoms with Crippen molar-refractivity contribution in [3.05, 3.63) is 63.7 Å². The molecule has 0 aliphatic rings. The second-order valence-electron chi connectivity index (χ2n) is 4.68. The van der Waals surface area contributed by atoms with Gasteiger partial charge in [-0.1, -0.05) is 35.9 Å². The summed E-state index contributed by atoms with van der Waals surface area (Å²) < 4.78 is 5.36. The van der Waals surface area contributed by atoms with Gasteiger partial charge in [-0.3, -0.25) is 0 Å². The lowest BCUT2D eigenvalue weighted by molar-refractivity contribution is 0.408. The summed E-state index contributed by atoms with van der Waals surface area (Å²) in [7, 11) is 1.65. The number of nitrogens with two attached hydrogens (primary N) is 1. The Morgan fingerprint density at radius 3 is 2.37 bits per heavy atom. The average molecular weight is 276 g/mol. The molecule has 0 amide bonds. The minimum Gasteiger partial charge on any atom is -0.496 e. The molecule has 0 fully saturated rings. The molecule has 0 bridgehead atoms. The third-order valence-electron chi connectivity index (χ3n) is 3.42. The van der Waals surface area contributed by atoms with Gasteiger partial charge >= 0.3 is 0 Å². The fourth-order valence-electron chi connectivity index (χ4n) is 2.13. The van der Waals surface area contributed by atoms with Crippen LogP contribution < -0.4 is 10.5 Å². The van der Waals surface area contributed by atoms with E-state index in [4.69, 9.17) is 22.1 Å². The first-order valence-corrected chi connectivity index (χ1v) is 6.57. The highest BCUT2D eigenvalue weighted by atomic mass is 35.5. The molecule has 1 unspecified atom stereocenters. The van der Waals surface area contributed by atoms with Gasteiger partial charge in [-0.05, 0) is 42.7 Å². The molecular formula is C16H18ClNO. The summed E-state index contributed by atoms with van der Waals surface area (Å²) in [6, 6.07) is 11.5. The van der Waals surface area contributed by atoms with E-state index in [2.05, 4.69) is 13.0 Å². The predicted molar refractivity (Wildman–Crippen MR) is 80.0 cm³/mol. The third kappa shape index (κ3) is 2.75. The number of halogens is 1. The van der Waals surface area contributed by atoms with E-state index in [1.807, 2.05) is 37.3 Å². The summed E-state index contributed by atoms with van der Waals surface area (Å²) in [6.07, 6.45) is 0. The molecule has 2 N–H and O–H groups in total. The minimum atomic E-state index is -0.289. The van der Waals surface area contributed by atoms with Crippen molar-refractivity contribution in [1.29, 1.82) is 0 Å². The van der Waals surface area contributed by atoms with Gasteiger partial charge in [0.25, 0.3) is 0 Å². The quantitative estimate of drug-likeness (QED) is 0.918. The average Bonchev–Trinajstić information content (AvgIpc) is 2.42. The van der Waals surface area contributed by atoms with Crippen molar-refractivity contribution in [2.75, 3.05) is 7.11 Å². The van der Waals surface area contributed by atoms with Gasteiger partial charge in [-0.15, -0.1) is 0 Å². The molecule has 2 nitrogen and oxygen atoms in total. The second-order valence-corrected chi connectivity index (χ2v) is 5.08. The molecule has 0 spiro atoms. The van der Waals surface area contributed by atoms with Crippen LogP contribution in [-0.2, 0) is 0 Å². The zero-order valence-corrected chi connectivity index (χ0v) is 12.2. The van der Waals surface area contributed by atoms with Crippen molar-refractivity contribution >= 4 is 11.6 Å². The fraction of sp³-hybridized carbons (Fsp3) is 0.250. The molecule has 2 rings (SSSR count). The van der Waals surface area contributed by atoms with Crippen molar-refractivity contribution in [1.82, 2.24) is 0 Å². The maximum absolute atomic E-state index is 6.35. The van der Waals surface area contributed by atoms with Crippen LogP contribution in [0, 0.1) is 13.8 Å². The van der Waals surface area contributed by atoms with Gasteiger partial charge in [0.1, 0.15) is 5.75 Å². The number of hydrogen-bond acceptors (Lipinski definition) is 2. The van der Waals surface area contributed by atoms with Crippen LogP contribution in [0.4, 0.5) is 0 Å². The fourth-order valence-corrected chi connectivity index (χ4v) is 2.47. The smallest absolute Gasteiger partial charge is 0.123 e. The molecule has 3 heteroatoms. The van der Waals surface area contributed by atoms with Gasteiger partial charge in [0.05, 0.1) is 13.2 Å². The van der Waals surface area contributed by atoms with Gasteiger partial charge in [0.2, 0.25) is 0 Å². The van der Waals surface area contributed by atoms with Crippen molar-refractivity contribution < 1.29 is 4.74 Å². The van der Waals surface area contributed by atoms with Crippen LogP contribution in [0.15, 0.2) is 36.4 Å². The van der Waals surface area contributed by atoms with E-state index in [-0.39, 0.29) is 6.04 Å². The molecule has 0 aliphatic carbocycles. The lowest BCUT2D eigenvalue weighted by atomic mass is 9.95.